The summed E-state index contributed by atoms with van der Waals surface area (Å²) in [5.74, 6) is -0.165. The van der Waals surface area contributed by atoms with Crippen molar-refractivity contribution in [2.24, 2.45) is 0 Å². The van der Waals surface area contributed by atoms with Crippen LogP contribution in [0.4, 0.5) is 0 Å². The van der Waals surface area contributed by atoms with Crippen LogP contribution < -0.4 is 10.9 Å². The van der Waals surface area contributed by atoms with Crippen molar-refractivity contribution >= 4 is 38.4 Å². The zero-order valence-electron chi connectivity index (χ0n) is 17.3. The van der Waals surface area contributed by atoms with Crippen LogP contribution in [0.5, 0.6) is 0 Å². The second kappa shape index (κ2) is 8.47. The van der Waals surface area contributed by atoms with Crippen LogP contribution in [0.3, 0.4) is 0 Å². The molecule has 1 fully saturated rings. The summed E-state index contributed by atoms with van der Waals surface area (Å²) in [6.07, 6.45) is 0.431. The summed E-state index contributed by atoms with van der Waals surface area (Å²) in [6.45, 7) is 3.93. The first-order valence-electron chi connectivity index (χ1n) is 9.95. The highest BCUT2D eigenvalue weighted by Crippen LogP contribution is 2.23. The number of carbonyl (C=O) groups excluding carboxylic acids is 1. The van der Waals surface area contributed by atoms with Crippen molar-refractivity contribution in [1.82, 2.24) is 14.9 Å². The first kappa shape index (κ1) is 21.6. The van der Waals surface area contributed by atoms with Gasteiger partial charge in [-0.2, -0.15) is 0 Å². The van der Waals surface area contributed by atoms with Gasteiger partial charge in [-0.15, -0.1) is 0 Å². The van der Waals surface area contributed by atoms with Crippen LogP contribution in [0, 0.1) is 13.8 Å². The van der Waals surface area contributed by atoms with E-state index in [0.29, 0.717) is 28.2 Å². The summed E-state index contributed by atoms with van der Waals surface area (Å²) in [4.78, 5) is 30.4. The van der Waals surface area contributed by atoms with Gasteiger partial charge in [0.15, 0.2) is 15.0 Å². The van der Waals surface area contributed by atoms with Gasteiger partial charge in [0.05, 0.1) is 33.8 Å². The first-order valence-corrected chi connectivity index (χ1v) is 12.8. The van der Waals surface area contributed by atoms with E-state index >= 15 is 0 Å². The Bertz CT molecular complexity index is 1310. The minimum Gasteiger partial charge on any atom is -0.352 e. The summed E-state index contributed by atoms with van der Waals surface area (Å²) in [5, 5.41) is 3.71. The number of carbonyl (C=O) groups is 1. The molecule has 1 aliphatic heterocycles. The van der Waals surface area contributed by atoms with Gasteiger partial charge in [0.1, 0.15) is 0 Å². The maximum absolute atomic E-state index is 13.3. The van der Waals surface area contributed by atoms with E-state index in [0.717, 1.165) is 22.9 Å². The third-order valence-corrected chi connectivity index (χ3v) is 7.85. The maximum Gasteiger partial charge on any atom is 0.266 e. The van der Waals surface area contributed by atoms with Gasteiger partial charge in [-0.05, 0) is 55.7 Å². The molecule has 1 aromatic heterocycles. The average Bonchev–Trinajstić information content (AvgIpc) is 3.04. The summed E-state index contributed by atoms with van der Waals surface area (Å²) >= 11 is 1.16. The molecule has 4 rings (SSSR count). The second-order valence-corrected chi connectivity index (χ2v) is 11.0. The number of nitrogens with zero attached hydrogens (tertiary/aromatic N) is 2. The fourth-order valence-corrected chi connectivity index (χ4v) is 6.32. The van der Waals surface area contributed by atoms with E-state index in [-0.39, 0.29) is 34.8 Å². The second-order valence-electron chi connectivity index (χ2n) is 7.85. The van der Waals surface area contributed by atoms with Gasteiger partial charge in [0.25, 0.3) is 5.56 Å². The van der Waals surface area contributed by atoms with Gasteiger partial charge in [-0.25, -0.2) is 13.4 Å². The van der Waals surface area contributed by atoms with Gasteiger partial charge in [0, 0.05) is 6.04 Å². The Morgan fingerprint density at radius 3 is 2.58 bits per heavy atom. The van der Waals surface area contributed by atoms with Crippen LogP contribution >= 0.6 is 11.8 Å². The van der Waals surface area contributed by atoms with E-state index in [1.165, 1.54) is 0 Å². The molecule has 1 saturated heterocycles. The van der Waals surface area contributed by atoms with E-state index in [9.17, 15) is 18.0 Å². The molecule has 9 heteroatoms. The van der Waals surface area contributed by atoms with Crippen LogP contribution in [0.1, 0.15) is 17.5 Å². The number of aryl methyl sites for hydroxylation is 2. The molecule has 1 N–H and O–H groups in total. The molecular formula is C22H23N3O4S2. The lowest BCUT2D eigenvalue weighted by molar-refractivity contribution is -0.119. The van der Waals surface area contributed by atoms with Gasteiger partial charge < -0.3 is 5.32 Å². The van der Waals surface area contributed by atoms with Crippen LogP contribution in [0.25, 0.3) is 16.6 Å². The number of benzene rings is 2. The van der Waals surface area contributed by atoms with Crippen LogP contribution in [-0.4, -0.2) is 47.2 Å². The third kappa shape index (κ3) is 4.83. The molecule has 0 spiro atoms. The Hall–Kier alpha value is -2.65. The number of hydrogen-bond donors (Lipinski definition) is 1. The SMILES string of the molecule is Cc1cc(C)cc(-n2c(SCC(=O)N[C@H]3CCS(=O)(=O)C3)nc3ccccc3c2=O)c1. The Morgan fingerprint density at radius 2 is 1.90 bits per heavy atom. The van der Waals surface area contributed by atoms with Gasteiger partial charge in [-0.3, -0.25) is 14.2 Å². The Balaban J connectivity index is 1.66. The number of sulfone groups is 1. The summed E-state index contributed by atoms with van der Waals surface area (Å²) < 4.78 is 24.8. The fraction of sp³-hybridized carbons (Fsp3) is 0.318. The summed E-state index contributed by atoms with van der Waals surface area (Å²) in [7, 11) is -3.07. The van der Waals surface area contributed by atoms with E-state index in [4.69, 9.17) is 0 Å². The monoisotopic (exact) mass is 457 g/mol. The predicted octanol–water partition coefficient (Wildman–Crippen LogP) is 2.40. The molecule has 0 saturated carbocycles. The molecule has 2 aromatic carbocycles. The van der Waals surface area contributed by atoms with Crippen LogP contribution in [0.2, 0.25) is 0 Å². The van der Waals surface area contributed by atoms with Crippen molar-refractivity contribution in [3.05, 3.63) is 63.9 Å². The molecule has 1 atom stereocenters. The van der Waals surface area contributed by atoms with Crippen molar-refractivity contribution < 1.29 is 13.2 Å². The molecule has 1 amide bonds. The fourth-order valence-electron chi connectivity index (χ4n) is 3.82. The molecule has 0 aliphatic carbocycles. The van der Waals surface area contributed by atoms with Gasteiger partial charge >= 0.3 is 0 Å². The van der Waals surface area contributed by atoms with Gasteiger partial charge in [0.2, 0.25) is 5.91 Å². The number of fused-ring (bicyclic) bond motifs is 1. The zero-order valence-corrected chi connectivity index (χ0v) is 18.9. The number of hydrogen-bond acceptors (Lipinski definition) is 6. The van der Waals surface area contributed by atoms with E-state index < -0.39 is 9.84 Å². The predicted molar refractivity (Wildman–Crippen MR) is 123 cm³/mol. The number of nitrogens with one attached hydrogen (secondary N) is 1. The smallest absolute Gasteiger partial charge is 0.266 e. The number of amides is 1. The van der Waals surface area contributed by atoms with Crippen LogP contribution in [0.15, 0.2) is 52.4 Å². The Morgan fingerprint density at radius 1 is 1.19 bits per heavy atom. The highest BCUT2D eigenvalue weighted by Gasteiger charge is 2.29. The Labute approximate surface area is 184 Å². The molecule has 2 heterocycles. The van der Waals surface area contributed by atoms with E-state index in [2.05, 4.69) is 10.3 Å². The Kier molecular flexibility index (Phi) is 5.90. The molecule has 7 nitrogen and oxygen atoms in total. The average molecular weight is 458 g/mol. The third-order valence-electron chi connectivity index (χ3n) is 5.14. The van der Waals surface area contributed by atoms with E-state index in [1.54, 1.807) is 22.8 Å². The molecule has 0 unspecified atom stereocenters. The minimum atomic E-state index is -3.07. The summed E-state index contributed by atoms with van der Waals surface area (Å²) in [6, 6.07) is 12.6. The lowest BCUT2D eigenvalue weighted by Gasteiger charge is -2.15. The minimum absolute atomic E-state index is 0.0229. The lowest BCUT2D eigenvalue weighted by atomic mass is 10.1. The molecule has 3 aromatic rings. The molecule has 1 aliphatic rings. The lowest BCUT2D eigenvalue weighted by Crippen LogP contribution is -2.36. The molecule has 0 radical (unpaired) electrons. The quantitative estimate of drug-likeness (QED) is 0.467. The number of aromatic nitrogens is 2. The normalized spacial score (nSPS) is 17.7. The van der Waals surface area contributed by atoms with Crippen molar-refractivity contribution in [3.63, 3.8) is 0 Å². The molecule has 162 valence electrons. The molecular weight excluding hydrogens is 434 g/mol. The maximum atomic E-state index is 13.3. The first-order chi connectivity index (χ1) is 14.7. The van der Waals surface area contributed by atoms with Gasteiger partial charge in [-0.1, -0.05) is 30.0 Å². The van der Waals surface area contributed by atoms with Crippen molar-refractivity contribution in [1.29, 1.82) is 0 Å². The topological polar surface area (TPSA) is 98.1 Å². The van der Waals surface area contributed by atoms with Crippen molar-refractivity contribution in [3.8, 4) is 5.69 Å². The standard InChI is InChI=1S/C22H23N3O4S2/c1-14-9-15(2)11-17(10-14)25-21(27)18-5-3-4-6-19(18)24-22(25)30-12-20(26)23-16-7-8-31(28,29)13-16/h3-6,9-11,16H,7-8,12-13H2,1-2H3,(H,23,26)/t16-/m0/s1. The van der Waals surface area contributed by atoms with E-state index in [1.807, 2.05) is 38.1 Å². The number of para-hydroxylation sites is 1. The molecule has 31 heavy (non-hydrogen) atoms. The molecule has 0 bridgehead atoms. The van der Waals surface area contributed by atoms with Crippen molar-refractivity contribution in [2.75, 3.05) is 17.3 Å². The largest absolute Gasteiger partial charge is 0.352 e. The number of thioether (sulfide) groups is 1. The number of rotatable bonds is 5. The highest BCUT2D eigenvalue weighted by molar-refractivity contribution is 7.99. The van der Waals surface area contributed by atoms with Crippen molar-refractivity contribution in [2.45, 2.75) is 31.5 Å². The zero-order chi connectivity index (χ0) is 22.2. The summed E-state index contributed by atoms with van der Waals surface area (Å²) in [5.41, 5.74) is 3.11. The highest BCUT2D eigenvalue weighted by atomic mass is 32.2. The van der Waals surface area contributed by atoms with Crippen LogP contribution in [-0.2, 0) is 14.6 Å².